The SMILES string of the molecule is CCn1c(-c2nonc2N)nc2c(C#CC(C)C)ncc(OC[C@@H]3CNCCO3)c21. The third kappa shape index (κ3) is 3.94. The maximum Gasteiger partial charge on any atom is 0.199 e. The second kappa shape index (κ2) is 8.69. The summed E-state index contributed by atoms with van der Waals surface area (Å²) in [6.45, 7) is 9.33. The number of aromatic nitrogens is 5. The van der Waals surface area contributed by atoms with Gasteiger partial charge in [-0.1, -0.05) is 19.8 Å². The van der Waals surface area contributed by atoms with E-state index in [0.29, 0.717) is 48.2 Å². The molecule has 4 rings (SSSR count). The Morgan fingerprint density at radius 3 is 2.93 bits per heavy atom. The average Bonchev–Trinajstić information content (AvgIpc) is 3.34. The van der Waals surface area contributed by atoms with Gasteiger partial charge < -0.3 is 25.1 Å². The van der Waals surface area contributed by atoms with Crippen LogP contribution in [0.1, 0.15) is 26.5 Å². The summed E-state index contributed by atoms with van der Waals surface area (Å²) in [5.41, 5.74) is 8.29. The highest BCUT2D eigenvalue weighted by atomic mass is 16.6. The zero-order valence-corrected chi connectivity index (χ0v) is 17.3. The van der Waals surface area contributed by atoms with Gasteiger partial charge in [-0.2, -0.15) is 0 Å². The number of imidazole rings is 1. The topological polar surface area (TPSA) is 126 Å². The predicted molar refractivity (Wildman–Crippen MR) is 111 cm³/mol. The Bertz CT molecular complexity index is 1090. The van der Waals surface area contributed by atoms with E-state index in [0.717, 1.165) is 18.6 Å². The van der Waals surface area contributed by atoms with Crippen molar-refractivity contribution in [3.05, 3.63) is 11.9 Å². The van der Waals surface area contributed by atoms with E-state index >= 15 is 0 Å². The van der Waals surface area contributed by atoms with Gasteiger partial charge in [-0.3, -0.25) is 0 Å². The minimum absolute atomic E-state index is 0.0259. The summed E-state index contributed by atoms with van der Waals surface area (Å²) >= 11 is 0. The predicted octanol–water partition coefficient (Wildman–Crippen LogP) is 1.46. The maximum absolute atomic E-state index is 6.12. The molecule has 1 atom stereocenters. The number of anilines is 1. The van der Waals surface area contributed by atoms with Crippen LogP contribution < -0.4 is 15.8 Å². The van der Waals surface area contributed by atoms with E-state index < -0.39 is 0 Å². The van der Waals surface area contributed by atoms with Gasteiger partial charge in [-0.25, -0.2) is 14.6 Å². The quantitative estimate of drug-likeness (QED) is 0.600. The highest BCUT2D eigenvalue weighted by Crippen LogP contribution is 2.33. The van der Waals surface area contributed by atoms with Crippen molar-refractivity contribution < 1.29 is 14.1 Å². The molecule has 0 bridgehead atoms. The monoisotopic (exact) mass is 411 g/mol. The summed E-state index contributed by atoms with van der Waals surface area (Å²) in [5, 5.41) is 10.9. The van der Waals surface area contributed by atoms with Crippen molar-refractivity contribution in [2.45, 2.75) is 33.4 Å². The van der Waals surface area contributed by atoms with Crippen molar-refractivity contribution >= 4 is 16.9 Å². The van der Waals surface area contributed by atoms with Gasteiger partial charge in [0.15, 0.2) is 23.1 Å². The van der Waals surface area contributed by atoms with Crippen molar-refractivity contribution in [2.75, 3.05) is 32.0 Å². The zero-order valence-electron chi connectivity index (χ0n) is 17.3. The third-order valence-corrected chi connectivity index (χ3v) is 4.69. The van der Waals surface area contributed by atoms with Crippen LogP contribution in [0.2, 0.25) is 0 Å². The molecule has 0 aliphatic carbocycles. The molecule has 10 nitrogen and oxygen atoms in total. The molecule has 1 fully saturated rings. The first-order valence-corrected chi connectivity index (χ1v) is 10.0. The van der Waals surface area contributed by atoms with E-state index in [2.05, 4.69) is 32.5 Å². The Balaban J connectivity index is 1.81. The summed E-state index contributed by atoms with van der Waals surface area (Å²) in [7, 11) is 0. The van der Waals surface area contributed by atoms with E-state index in [1.54, 1.807) is 6.20 Å². The van der Waals surface area contributed by atoms with Gasteiger partial charge in [0.25, 0.3) is 0 Å². The number of aryl methyl sites for hydroxylation is 1. The fourth-order valence-corrected chi connectivity index (χ4v) is 3.27. The normalized spacial score (nSPS) is 16.6. The largest absolute Gasteiger partial charge is 0.487 e. The number of hydrogen-bond donors (Lipinski definition) is 2. The van der Waals surface area contributed by atoms with E-state index in [1.165, 1.54) is 0 Å². The third-order valence-electron chi connectivity index (χ3n) is 4.69. The van der Waals surface area contributed by atoms with Crippen molar-refractivity contribution in [1.29, 1.82) is 0 Å². The fraction of sp³-hybridized carbons (Fsp3) is 0.500. The molecule has 0 aromatic carbocycles. The van der Waals surface area contributed by atoms with Crippen LogP contribution in [0.4, 0.5) is 5.82 Å². The highest BCUT2D eigenvalue weighted by Gasteiger charge is 2.24. The Kier molecular flexibility index (Phi) is 5.83. The van der Waals surface area contributed by atoms with Crippen LogP contribution in [0.5, 0.6) is 5.75 Å². The Labute approximate surface area is 174 Å². The molecule has 0 amide bonds. The highest BCUT2D eigenvalue weighted by molar-refractivity contribution is 5.89. The van der Waals surface area contributed by atoms with Crippen LogP contribution >= 0.6 is 0 Å². The minimum Gasteiger partial charge on any atom is -0.487 e. The van der Waals surface area contributed by atoms with E-state index in [-0.39, 0.29) is 17.8 Å². The summed E-state index contributed by atoms with van der Waals surface area (Å²) in [4.78, 5) is 9.27. The molecule has 30 heavy (non-hydrogen) atoms. The van der Waals surface area contributed by atoms with Crippen molar-refractivity contribution in [3.63, 3.8) is 0 Å². The van der Waals surface area contributed by atoms with Crippen LogP contribution in [-0.4, -0.2) is 57.3 Å². The second-order valence-corrected chi connectivity index (χ2v) is 7.28. The molecule has 3 N–H and O–H groups in total. The second-order valence-electron chi connectivity index (χ2n) is 7.28. The van der Waals surface area contributed by atoms with Gasteiger partial charge in [0.2, 0.25) is 0 Å². The lowest BCUT2D eigenvalue weighted by Gasteiger charge is -2.23. The van der Waals surface area contributed by atoms with Gasteiger partial charge >= 0.3 is 0 Å². The van der Waals surface area contributed by atoms with Gasteiger partial charge in [0, 0.05) is 25.6 Å². The summed E-state index contributed by atoms with van der Waals surface area (Å²) in [5.74, 6) is 7.79. The molecule has 1 saturated heterocycles. The number of ether oxygens (including phenoxy) is 2. The average molecular weight is 411 g/mol. The molecular weight excluding hydrogens is 386 g/mol. The summed E-state index contributed by atoms with van der Waals surface area (Å²) in [6, 6.07) is 0. The molecule has 1 aliphatic heterocycles. The molecule has 10 heteroatoms. The molecule has 1 aliphatic rings. The number of nitrogens with one attached hydrogen (secondary N) is 1. The van der Waals surface area contributed by atoms with Crippen LogP contribution in [0.15, 0.2) is 10.8 Å². The van der Waals surface area contributed by atoms with Gasteiger partial charge in [-0.15, -0.1) is 0 Å². The molecule has 3 aromatic rings. The Morgan fingerprint density at radius 2 is 2.27 bits per heavy atom. The molecule has 0 spiro atoms. The summed E-state index contributed by atoms with van der Waals surface area (Å²) < 4.78 is 18.6. The van der Waals surface area contributed by atoms with E-state index in [9.17, 15) is 0 Å². The molecule has 0 radical (unpaired) electrons. The lowest BCUT2D eigenvalue weighted by atomic mass is 10.2. The number of nitrogens with zero attached hydrogens (tertiary/aromatic N) is 5. The molecule has 0 unspecified atom stereocenters. The van der Waals surface area contributed by atoms with Gasteiger partial charge in [0.05, 0.1) is 12.8 Å². The summed E-state index contributed by atoms with van der Waals surface area (Å²) in [6.07, 6.45) is 1.66. The zero-order chi connectivity index (χ0) is 21.1. The number of nitrogens with two attached hydrogens (primary N) is 1. The number of hydrogen-bond acceptors (Lipinski definition) is 9. The number of rotatable bonds is 5. The first-order valence-electron chi connectivity index (χ1n) is 10.0. The van der Waals surface area contributed by atoms with E-state index in [1.807, 2.05) is 25.3 Å². The number of nitrogen functional groups attached to an aromatic ring is 1. The van der Waals surface area contributed by atoms with Crippen molar-refractivity contribution in [1.82, 2.24) is 30.2 Å². The molecule has 0 saturated carbocycles. The Morgan fingerprint density at radius 1 is 1.40 bits per heavy atom. The smallest absolute Gasteiger partial charge is 0.199 e. The van der Waals surface area contributed by atoms with Crippen molar-refractivity contribution in [2.24, 2.45) is 5.92 Å². The van der Waals surface area contributed by atoms with Crippen molar-refractivity contribution in [3.8, 4) is 29.1 Å². The van der Waals surface area contributed by atoms with Gasteiger partial charge in [-0.05, 0) is 23.2 Å². The van der Waals surface area contributed by atoms with Crippen LogP contribution in [0.25, 0.3) is 22.6 Å². The molecular formula is C20H25N7O3. The minimum atomic E-state index is -0.0259. The standard InChI is InChI=1S/C20H25N7O3/c1-4-27-18-15(29-11-13-9-22-7-8-28-13)10-23-14(6-5-12(2)3)16(18)24-20(27)17-19(21)26-30-25-17/h10,12-13,22H,4,7-9,11H2,1-3H3,(H2,21,26)/t13-/m0/s1. The molecule has 4 heterocycles. The number of morpholine rings is 1. The maximum atomic E-state index is 6.12. The van der Waals surface area contributed by atoms with E-state index in [4.69, 9.17) is 24.8 Å². The Hall–Kier alpha value is -3.16. The van der Waals surface area contributed by atoms with Crippen LogP contribution in [-0.2, 0) is 11.3 Å². The molecule has 158 valence electrons. The lowest BCUT2D eigenvalue weighted by molar-refractivity contribution is 0.000381. The molecule has 3 aromatic heterocycles. The number of fused-ring (bicyclic) bond motifs is 1. The van der Waals surface area contributed by atoms with Crippen LogP contribution in [0.3, 0.4) is 0 Å². The van der Waals surface area contributed by atoms with Crippen LogP contribution in [0, 0.1) is 17.8 Å². The first kappa shape index (κ1) is 20.1. The fourth-order valence-electron chi connectivity index (χ4n) is 3.27. The number of pyridine rings is 1. The van der Waals surface area contributed by atoms with Gasteiger partial charge in [0.1, 0.15) is 29.4 Å². The lowest BCUT2D eigenvalue weighted by Crippen LogP contribution is -2.41. The first-order chi connectivity index (χ1) is 14.6.